The third-order valence-electron chi connectivity index (χ3n) is 6.37. The molecule has 170 valence electrons. The van der Waals surface area contributed by atoms with Gasteiger partial charge in [0.05, 0.1) is 10.8 Å². The molecule has 1 atom stereocenters. The number of amides is 1. The third-order valence-corrected chi connectivity index (χ3v) is 8.23. The molecule has 1 saturated heterocycles. The lowest BCUT2D eigenvalue weighted by Gasteiger charge is -2.31. The number of nitrogens with one attached hydrogen (secondary N) is 1. The summed E-state index contributed by atoms with van der Waals surface area (Å²) in [6.45, 7) is 6.12. The second-order valence-electron chi connectivity index (χ2n) is 8.41. The molecule has 32 heavy (non-hydrogen) atoms. The van der Waals surface area contributed by atoms with Crippen molar-refractivity contribution < 1.29 is 13.2 Å². The molecule has 1 N–H and O–H groups in total. The average molecular weight is 454 g/mol. The summed E-state index contributed by atoms with van der Waals surface area (Å²) in [5, 5.41) is 3.90. The first-order valence-electron chi connectivity index (χ1n) is 11.4. The Morgan fingerprint density at radius 3 is 2.53 bits per heavy atom. The molecule has 1 aliphatic rings. The first-order valence-corrected chi connectivity index (χ1v) is 12.8. The fraction of sp³-hybridized carbons (Fsp3) is 0.400. The van der Waals surface area contributed by atoms with Gasteiger partial charge in [-0.05, 0) is 61.6 Å². The zero-order valence-electron chi connectivity index (χ0n) is 18.8. The number of fused-ring (bicyclic) bond motifs is 1. The van der Waals surface area contributed by atoms with Crippen molar-refractivity contribution in [2.75, 3.05) is 13.1 Å². The summed E-state index contributed by atoms with van der Waals surface area (Å²) in [5.41, 5.74) is 3.33. The molecule has 0 saturated carbocycles. The molecule has 2 aromatic carbocycles. The number of aryl methyl sites for hydroxylation is 2. The smallest absolute Gasteiger partial charge is 0.243 e. The van der Waals surface area contributed by atoms with Crippen molar-refractivity contribution in [1.82, 2.24) is 14.2 Å². The standard InChI is InChI=1S/C25H31N3O3S/c1-3-19-7-9-20(10-8-19)17-26-25(29)22-6-5-14-28(18-22)32(30,31)23-11-12-24-21(16-23)13-15-27(24)4-2/h7-13,15-16,22H,3-6,14,17-18H2,1-2H3,(H,26,29)/t22-/m0/s1. The fourth-order valence-corrected chi connectivity index (χ4v) is 5.92. The van der Waals surface area contributed by atoms with Crippen LogP contribution in [-0.2, 0) is 34.3 Å². The molecule has 1 aliphatic heterocycles. The second kappa shape index (κ2) is 9.46. The normalized spacial score (nSPS) is 17.5. The summed E-state index contributed by atoms with van der Waals surface area (Å²) < 4.78 is 30.2. The summed E-state index contributed by atoms with van der Waals surface area (Å²) >= 11 is 0. The predicted octanol–water partition coefficient (Wildman–Crippen LogP) is 3.94. The van der Waals surface area contributed by atoms with E-state index in [1.807, 2.05) is 30.5 Å². The van der Waals surface area contributed by atoms with Gasteiger partial charge in [0.2, 0.25) is 15.9 Å². The minimum absolute atomic E-state index is 0.0834. The Hall–Kier alpha value is -2.64. The number of hydrogen-bond acceptors (Lipinski definition) is 3. The number of carbonyl (C=O) groups is 1. The maximum Gasteiger partial charge on any atom is 0.243 e. The molecule has 0 spiro atoms. The van der Waals surface area contributed by atoms with Crippen LogP contribution in [0, 0.1) is 5.92 Å². The lowest BCUT2D eigenvalue weighted by Crippen LogP contribution is -2.45. The Bertz CT molecular complexity index is 1200. The highest BCUT2D eigenvalue weighted by molar-refractivity contribution is 7.89. The highest BCUT2D eigenvalue weighted by atomic mass is 32.2. The van der Waals surface area contributed by atoms with E-state index >= 15 is 0 Å². The number of benzene rings is 2. The number of carbonyl (C=O) groups excluding carboxylic acids is 1. The number of piperidine rings is 1. The zero-order chi connectivity index (χ0) is 22.7. The molecule has 0 bridgehead atoms. The van der Waals surface area contributed by atoms with Gasteiger partial charge in [0.25, 0.3) is 0 Å². The van der Waals surface area contributed by atoms with Gasteiger partial charge in [-0.25, -0.2) is 8.42 Å². The van der Waals surface area contributed by atoms with Crippen LogP contribution in [-0.4, -0.2) is 36.3 Å². The molecule has 7 heteroatoms. The quantitative estimate of drug-likeness (QED) is 0.589. The van der Waals surface area contributed by atoms with E-state index in [0.717, 1.165) is 29.4 Å². The van der Waals surface area contributed by atoms with Crippen LogP contribution in [0.1, 0.15) is 37.8 Å². The Balaban J connectivity index is 1.43. The zero-order valence-corrected chi connectivity index (χ0v) is 19.6. The first kappa shape index (κ1) is 22.6. The molecule has 1 fully saturated rings. The van der Waals surface area contributed by atoms with Gasteiger partial charge in [-0.3, -0.25) is 4.79 Å². The molecular formula is C25H31N3O3S. The van der Waals surface area contributed by atoms with Crippen LogP contribution in [0.2, 0.25) is 0 Å². The maximum absolute atomic E-state index is 13.3. The van der Waals surface area contributed by atoms with Gasteiger partial charge >= 0.3 is 0 Å². The average Bonchev–Trinajstić information content (AvgIpc) is 3.25. The molecule has 6 nitrogen and oxygen atoms in total. The fourth-order valence-electron chi connectivity index (χ4n) is 4.36. The number of rotatable bonds is 7. The van der Waals surface area contributed by atoms with Gasteiger partial charge in [-0.2, -0.15) is 4.31 Å². The van der Waals surface area contributed by atoms with Crippen LogP contribution >= 0.6 is 0 Å². The Morgan fingerprint density at radius 1 is 1.06 bits per heavy atom. The van der Waals surface area contributed by atoms with E-state index in [0.29, 0.717) is 25.9 Å². The minimum Gasteiger partial charge on any atom is -0.352 e. The molecule has 0 aliphatic carbocycles. The second-order valence-corrected chi connectivity index (χ2v) is 10.4. The SMILES string of the molecule is CCc1ccc(CNC(=O)[C@H]2CCCN(S(=O)(=O)c3ccc4c(ccn4CC)c3)C2)cc1. The van der Waals surface area contributed by atoms with Crippen molar-refractivity contribution in [1.29, 1.82) is 0 Å². The molecule has 1 aromatic heterocycles. The van der Waals surface area contributed by atoms with Crippen molar-refractivity contribution in [2.24, 2.45) is 5.92 Å². The summed E-state index contributed by atoms with van der Waals surface area (Å²) in [7, 11) is -3.65. The van der Waals surface area contributed by atoms with E-state index in [-0.39, 0.29) is 23.3 Å². The third kappa shape index (κ3) is 4.59. The molecule has 4 rings (SSSR count). The summed E-state index contributed by atoms with van der Waals surface area (Å²) in [6.07, 6.45) is 4.33. The van der Waals surface area contributed by atoms with Gasteiger partial charge in [-0.1, -0.05) is 31.2 Å². The van der Waals surface area contributed by atoms with Crippen molar-refractivity contribution in [3.63, 3.8) is 0 Å². The topological polar surface area (TPSA) is 71.4 Å². The lowest BCUT2D eigenvalue weighted by molar-refractivity contribution is -0.126. The van der Waals surface area contributed by atoms with Crippen molar-refractivity contribution >= 4 is 26.8 Å². The lowest BCUT2D eigenvalue weighted by atomic mass is 9.98. The van der Waals surface area contributed by atoms with Gasteiger partial charge < -0.3 is 9.88 Å². The number of hydrogen-bond donors (Lipinski definition) is 1. The van der Waals surface area contributed by atoms with Crippen molar-refractivity contribution in [2.45, 2.75) is 51.1 Å². The molecule has 0 unspecified atom stereocenters. The Kier molecular flexibility index (Phi) is 6.67. The largest absolute Gasteiger partial charge is 0.352 e. The van der Waals surface area contributed by atoms with Crippen LogP contribution in [0.5, 0.6) is 0 Å². The van der Waals surface area contributed by atoms with Crippen LogP contribution in [0.15, 0.2) is 59.6 Å². The molecule has 0 radical (unpaired) electrons. The van der Waals surface area contributed by atoms with E-state index in [4.69, 9.17) is 0 Å². The van der Waals surface area contributed by atoms with Gasteiger partial charge in [-0.15, -0.1) is 0 Å². The van der Waals surface area contributed by atoms with E-state index in [1.54, 1.807) is 12.1 Å². The Labute approximate surface area is 190 Å². The van der Waals surface area contributed by atoms with E-state index in [2.05, 4.69) is 35.9 Å². The minimum atomic E-state index is -3.65. The van der Waals surface area contributed by atoms with Crippen LogP contribution in [0.3, 0.4) is 0 Å². The number of aromatic nitrogens is 1. The summed E-state index contributed by atoms with van der Waals surface area (Å²) in [4.78, 5) is 13.1. The monoisotopic (exact) mass is 453 g/mol. The van der Waals surface area contributed by atoms with Crippen LogP contribution in [0.4, 0.5) is 0 Å². The van der Waals surface area contributed by atoms with Crippen molar-refractivity contribution in [3.8, 4) is 0 Å². The molecule has 3 aromatic rings. The van der Waals surface area contributed by atoms with Crippen LogP contribution in [0.25, 0.3) is 10.9 Å². The van der Waals surface area contributed by atoms with Gasteiger partial charge in [0.1, 0.15) is 0 Å². The summed E-state index contributed by atoms with van der Waals surface area (Å²) in [6, 6.07) is 15.4. The highest BCUT2D eigenvalue weighted by Crippen LogP contribution is 2.27. The van der Waals surface area contributed by atoms with E-state index < -0.39 is 10.0 Å². The van der Waals surface area contributed by atoms with E-state index in [1.165, 1.54) is 9.87 Å². The summed E-state index contributed by atoms with van der Waals surface area (Å²) in [5.74, 6) is -0.418. The maximum atomic E-state index is 13.3. The van der Waals surface area contributed by atoms with Gasteiger partial charge in [0.15, 0.2) is 0 Å². The number of nitrogens with zero attached hydrogens (tertiary/aromatic N) is 2. The number of sulfonamides is 1. The Morgan fingerprint density at radius 2 is 1.81 bits per heavy atom. The first-order chi connectivity index (χ1) is 15.4. The van der Waals surface area contributed by atoms with Gasteiger partial charge in [0, 0.05) is 43.3 Å². The van der Waals surface area contributed by atoms with E-state index in [9.17, 15) is 13.2 Å². The van der Waals surface area contributed by atoms with Crippen LogP contribution < -0.4 is 5.32 Å². The highest BCUT2D eigenvalue weighted by Gasteiger charge is 2.33. The molecule has 2 heterocycles. The van der Waals surface area contributed by atoms with Crippen molar-refractivity contribution in [3.05, 3.63) is 65.9 Å². The molecule has 1 amide bonds. The molecular weight excluding hydrogens is 422 g/mol. The predicted molar refractivity (Wildman–Crippen MR) is 127 cm³/mol.